The van der Waals surface area contributed by atoms with Gasteiger partial charge in [-0.3, -0.25) is 4.98 Å². The molecule has 0 saturated heterocycles. The highest BCUT2D eigenvalue weighted by atomic mass is 35.5. The molecule has 0 radical (unpaired) electrons. The lowest BCUT2D eigenvalue weighted by Gasteiger charge is -2.13. The Morgan fingerprint density at radius 1 is 1.31 bits per heavy atom. The lowest BCUT2D eigenvalue weighted by Crippen LogP contribution is -2.07. The molecule has 0 aliphatic carbocycles. The van der Waals surface area contributed by atoms with Gasteiger partial charge in [0.05, 0.1) is 13.2 Å². The molecule has 1 aliphatic rings. The van der Waals surface area contributed by atoms with Crippen molar-refractivity contribution < 1.29 is 4.74 Å². The Labute approximate surface area is 81.4 Å². The van der Waals surface area contributed by atoms with Crippen molar-refractivity contribution in [1.29, 1.82) is 0 Å². The summed E-state index contributed by atoms with van der Waals surface area (Å²) < 4.78 is 5.30. The molecule has 0 N–H and O–H groups in total. The zero-order valence-corrected chi connectivity index (χ0v) is 7.79. The first-order valence-corrected chi connectivity index (χ1v) is 4.49. The maximum Gasteiger partial charge on any atom is 0.155 e. The van der Waals surface area contributed by atoms with Crippen molar-refractivity contribution in [3.05, 3.63) is 29.3 Å². The molecule has 1 aromatic heterocycles. The van der Waals surface area contributed by atoms with Gasteiger partial charge in [0.2, 0.25) is 0 Å². The summed E-state index contributed by atoms with van der Waals surface area (Å²) in [4.78, 5) is 8.12. The normalized spacial score (nSPS) is 16.8. The van der Waals surface area contributed by atoms with Gasteiger partial charge in [-0.25, -0.2) is 4.98 Å². The van der Waals surface area contributed by atoms with E-state index < -0.39 is 0 Å². The summed E-state index contributed by atoms with van der Waals surface area (Å²) in [6.45, 7) is 1.36. The first-order valence-electron chi connectivity index (χ1n) is 4.11. The van der Waals surface area contributed by atoms with E-state index in [1.165, 1.54) is 0 Å². The summed E-state index contributed by atoms with van der Waals surface area (Å²) in [5, 5.41) is 0.444. The van der Waals surface area contributed by atoms with Crippen LogP contribution in [-0.4, -0.2) is 23.2 Å². The van der Waals surface area contributed by atoms with E-state index in [2.05, 4.69) is 16.0 Å². The van der Waals surface area contributed by atoms with Gasteiger partial charge in [0.1, 0.15) is 5.69 Å². The fourth-order valence-corrected chi connectivity index (χ4v) is 1.49. The molecule has 68 valence electrons. The number of ether oxygens (including phenoxy) is 1. The van der Waals surface area contributed by atoms with Crippen LogP contribution in [0.25, 0.3) is 5.57 Å². The zero-order valence-electron chi connectivity index (χ0n) is 7.03. The molecule has 0 saturated carbocycles. The third-order valence-electron chi connectivity index (χ3n) is 1.87. The number of halogens is 1. The van der Waals surface area contributed by atoms with Crippen LogP contribution in [0.3, 0.4) is 0 Å². The molecule has 3 nitrogen and oxygen atoms in total. The minimum atomic E-state index is 0.444. The lowest BCUT2D eigenvalue weighted by atomic mass is 10.1. The highest BCUT2D eigenvalue weighted by molar-refractivity contribution is 6.30. The monoisotopic (exact) mass is 196 g/mol. The van der Waals surface area contributed by atoms with Crippen LogP contribution in [-0.2, 0) is 4.74 Å². The van der Waals surface area contributed by atoms with E-state index >= 15 is 0 Å². The van der Waals surface area contributed by atoms with Crippen molar-refractivity contribution in [2.75, 3.05) is 13.2 Å². The quantitative estimate of drug-likeness (QED) is 0.689. The maximum absolute atomic E-state index is 5.89. The van der Waals surface area contributed by atoms with Crippen molar-refractivity contribution in [3.8, 4) is 0 Å². The van der Waals surface area contributed by atoms with Gasteiger partial charge in [-0.05, 0) is 6.42 Å². The Bertz CT molecular complexity index is 338. The van der Waals surface area contributed by atoms with Gasteiger partial charge in [-0.2, -0.15) is 0 Å². The van der Waals surface area contributed by atoms with E-state index in [4.69, 9.17) is 16.3 Å². The second-order valence-electron chi connectivity index (χ2n) is 2.77. The molecule has 1 aliphatic heterocycles. The predicted octanol–water partition coefficient (Wildman–Crippen LogP) is 1.93. The summed E-state index contributed by atoms with van der Waals surface area (Å²) in [5.74, 6) is 0. The second-order valence-corrected chi connectivity index (χ2v) is 3.12. The zero-order chi connectivity index (χ0) is 9.10. The van der Waals surface area contributed by atoms with Crippen molar-refractivity contribution in [2.24, 2.45) is 0 Å². The van der Waals surface area contributed by atoms with Gasteiger partial charge in [-0.15, -0.1) is 0 Å². The van der Waals surface area contributed by atoms with Crippen LogP contribution in [0.5, 0.6) is 0 Å². The molecule has 13 heavy (non-hydrogen) atoms. The minimum Gasteiger partial charge on any atom is -0.376 e. The molecule has 4 heteroatoms. The summed E-state index contributed by atoms with van der Waals surface area (Å²) in [7, 11) is 0. The van der Waals surface area contributed by atoms with Crippen LogP contribution >= 0.6 is 11.6 Å². The molecule has 0 unspecified atom stereocenters. The topological polar surface area (TPSA) is 35.0 Å². The van der Waals surface area contributed by atoms with E-state index in [1.807, 2.05) is 0 Å². The predicted molar refractivity (Wildman–Crippen MR) is 50.5 cm³/mol. The van der Waals surface area contributed by atoms with E-state index in [1.54, 1.807) is 12.4 Å². The minimum absolute atomic E-state index is 0.444. The van der Waals surface area contributed by atoms with E-state index in [9.17, 15) is 0 Å². The average Bonchev–Trinajstić information content (AvgIpc) is 2.20. The second kappa shape index (κ2) is 3.85. The maximum atomic E-state index is 5.89. The van der Waals surface area contributed by atoms with Gasteiger partial charge in [0.25, 0.3) is 0 Å². The van der Waals surface area contributed by atoms with Crippen LogP contribution in [0.1, 0.15) is 12.1 Å². The molecular formula is C9H9ClN2O. The van der Waals surface area contributed by atoms with Crippen LogP contribution in [0.4, 0.5) is 0 Å². The number of rotatable bonds is 1. The van der Waals surface area contributed by atoms with Gasteiger partial charge in [0, 0.05) is 18.0 Å². The number of aromatic nitrogens is 2. The van der Waals surface area contributed by atoms with Gasteiger partial charge < -0.3 is 4.74 Å². The van der Waals surface area contributed by atoms with Crippen LogP contribution in [0.2, 0.25) is 5.15 Å². The van der Waals surface area contributed by atoms with Crippen molar-refractivity contribution in [2.45, 2.75) is 6.42 Å². The van der Waals surface area contributed by atoms with E-state index in [-0.39, 0.29) is 0 Å². The SMILES string of the molecule is Clc1nccnc1C1=CCCOC1. The molecule has 0 aromatic carbocycles. The number of hydrogen-bond donors (Lipinski definition) is 0. The molecular weight excluding hydrogens is 188 g/mol. The number of hydrogen-bond acceptors (Lipinski definition) is 3. The average molecular weight is 197 g/mol. The fourth-order valence-electron chi connectivity index (χ4n) is 1.26. The molecule has 0 fully saturated rings. The molecule has 0 spiro atoms. The van der Waals surface area contributed by atoms with Gasteiger partial charge >= 0.3 is 0 Å². The molecule has 0 bridgehead atoms. The van der Waals surface area contributed by atoms with Gasteiger partial charge in [-0.1, -0.05) is 17.7 Å². The van der Waals surface area contributed by atoms with E-state index in [0.29, 0.717) is 11.8 Å². The van der Waals surface area contributed by atoms with Crippen LogP contribution in [0, 0.1) is 0 Å². The van der Waals surface area contributed by atoms with Gasteiger partial charge in [0.15, 0.2) is 5.15 Å². The molecule has 2 heterocycles. The third-order valence-corrected chi connectivity index (χ3v) is 2.14. The Balaban J connectivity index is 2.34. The summed E-state index contributed by atoms with van der Waals surface area (Å²) in [5.41, 5.74) is 1.77. The smallest absolute Gasteiger partial charge is 0.155 e. The van der Waals surface area contributed by atoms with Crippen molar-refractivity contribution in [3.63, 3.8) is 0 Å². The summed E-state index contributed by atoms with van der Waals surface area (Å²) >= 11 is 5.89. The molecule has 2 rings (SSSR count). The largest absolute Gasteiger partial charge is 0.376 e. The molecule has 0 atom stereocenters. The Morgan fingerprint density at radius 3 is 2.85 bits per heavy atom. The van der Waals surface area contributed by atoms with Crippen LogP contribution in [0.15, 0.2) is 18.5 Å². The molecule has 1 aromatic rings. The third kappa shape index (κ3) is 1.87. The Kier molecular flexibility index (Phi) is 2.57. The van der Waals surface area contributed by atoms with Crippen molar-refractivity contribution >= 4 is 17.2 Å². The first kappa shape index (κ1) is 8.66. The van der Waals surface area contributed by atoms with Crippen molar-refractivity contribution in [1.82, 2.24) is 9.97 Å². The Hall–Kier alpha value is -0.930. The summed E-state index contributed by atoms with van der Waals surface area (Å²) in [6.07, 6.45) is 6.23. The standard InChI is InChI=1S/C9H9ClN2O/c10-9-8(11-3-4-12-9)7-2-1-5-13-6-7/h2-4H,1,5-6H2. The highest BCUT2D eigenvalue weighted by Crippen LogP contribution is 2.21. The van der Waals surface area contributed by atoms with Crippen LogP contribution < -0.4 is 0 Å². The van der Waals surface area contributed by atoms with E-state index in [0.717, 1.165) is 24.3 Å². The first-order chi connectivity index (χ1) is 6.38. The lowest BCUT2D eigenvalue weighted by molar-refractivity contribution is 0.164. The molecule has 0 amide bonds. The highest BCUT2D eigenvalue weighted by Gasteiger charge is 2.11. The number of nitrogens with zero attached hydrogens (tertiary/aromatic N) is 2. The Morgan fingerprint density at radius 2 is 2.15 bits per heavy atom. The summed E-state index contributed by atoms with van der Waals surface area (Å²) in [6, 6.07) is 0. The fraction of sp³-hybridized carbons (Fsp3) is 0.333.